The van der Waals surface area contributed by atoms with Crippen LogP contribution in [0.15, 0.2) is 38.9 Å². The van der Waals surface area contributed by atoms with E-state index in [1.807, 2.05) is 6.92 Å². The zero-order valence-electron chi connectivity index (χ0n) is 10.5. The molecule has 0 aromatic rings. The van der Waals surface area contributed by atoms with Gasteiger partial charge in [0.2, 0.25) is 0 Å². The van der Waals surface area contributed by atoms with Crippen LogP contribution in [-0.2, 0) is 0 Å². The third-order valence-electron chi connectivity index (χ3n) is 3.47. The van der Waals surface area contributed by atoms with Gasteiger partial charge in [-0.1, -0.05) is 19.1 Å². The molecule has 88 valence electrons. The average molecular weight is 235 g/mol. The molecule has 1 nitrogen and oxygen atoms in total. The molecule has 1 aliphatic carbocycles. The number of rotatable bonds is 3. The molecule has 0 aliphatic heterocycles. The Morgan fingerprint density at radius 1 is 1.50 bits per heavy atom. The number of nitrogens with zero attached hydrogens (tertiary/aromatic N) is 1. The summed E-state index contributed by atoms with van der Waals surface area (Å²) >= 11 is 4.39. The molecule has 1 atom stereocenters. The van der Waals surface area contributed by atoms with Crippen molar-refractivity contribution in [2.75, 3.05) is 0 Å². The van der Waals surface area contributed by atoms with Crippen LogP contribution in [0.3, 0.4) is 0 Å². The second kappa shape index (κ2) is 5.53. The Kier molecular flexibility index (Phi) is 4.60. The van der Waals surface area contributed by atoms with Gasteiger partial charge in [0.15, 0.2) is 0 Å². The lowest BCUT2D eigenvalue weighted by Gasteiger charge is -2.26. The minimum atomic E-state index is 0.657. The fourth-order valence-corrected chi connectivity index (χ4v) is 2.60. The van der Waals surface area contributed by atoms with E-state index in [4.69, 9.17) is 0 Å². The van der Waals surface area contributed by atoms with Gasteiger partial charge in [0.1, 0.15) is 0 Å². The number of aliphatic imine (C=N–C) groups is 1. The Balaban J connectivity index is 3.29. The molecule has 2 heteroatoms. The fraction of sp³-hybridized carbons (Fsp3) is 0.500. The van der Waals surface area contributed by atoms with Crippen LogP contribution in [0.25, 0.3) is 0 Å². The van der Waals surface area contributed by atoms with Gasteiger partial charge >= 0.3 is 0 Å². The van der Waals surface area contributed by atoms with E-state index in [0.29, 0.717) is 5.92 Å². The molecule has 0 saturated heterocycles. The predicted octanol–water partition coefficient (Wildman–Crippen LogP) is 4.54. The van der Waals surface area contributed by atoms with Crippen LogP contribution >= 0.6 is 12.6 Å². The van der Waals surface area contributed by atoms with Gasteiger partial charge in [-0.3, -0.25) is 4.99 Å². The zero-order chi connectivity index (χ0) is 12.3. The summed E-state index contributed by atoms with van der Waals surface area (Å²) in [4.78, 5) is 4.83. The van der Waals surface area contributed by atoms with E-state index in [-0.39, 0.29) is 0 Å². The summed E-state index contributed by atoms with van der Waals surface area (Å²) in [6.45, 7) is 14.0. The normalized spacial score (nSPS) is 22.9. The van der Waals surface area contributed by atoms with Gasteiger partial charge in [0.25, 0.3) is 0 Å². The highest BCUT2D eigenvalue weighted by Gasteiger charge is 2.20. The van der Waals surface area contributed by atoms with Crippen molar-refractivity contribution in [3.8, 4) is 0 Å². The predicted molar refractivity (Wildman–Crippen MR) is 76.1 cm³/mol. The van der Waals surface area contributed by atoms with Gasteiger partial charge in [-0.25, -0.2) is 0 Å². The summed E-state index contributed by atoms with van der Waals surface area (Å²) in [5.41, 5.74) is 4.87. The van der Waals surface area contributed by atoms with E-state index >= 15 is 0 Å². The third-order valence-corrected chi connectivity index (χ3v) is 3.69. The van der Waals surface area contributed by atoms with Crippen molar-refractivity contribution < 1.29 is 0 Å². The highest BCUT2D eigenvalue weighted by Crippen LogP contribution is 2.38. The van der Waals surface area contributed by atoms with Crippen LogP contribution in [0.4, 0.5) is 0 Å². The van der Waals surface area contributed by atoms with E-state index in [2.05, 4.69) is 44.8 Å². The summed E-state index contributed by atoms with van der Waals surface area (Å²) in [6, 6.07) is 0. The Morgan fingerprint density at radius 2 is 2.12 bits per heavy atom. The summed E-state index contributed by atoms with van der Waals surface area (Å²) < 4.78 is 0. The molecule has 0 saturated carbocycles. The number of hydrogen-bond acceptors (Lipinski definition) is 2. The first kappa shape index (κ1) is 13.3. The smallest absolute Gasteiger partial charge is 0.0451 e. The van der Waals surface area contributed by atoms with Gasteiger partial charge < -0.3 is 0 Å². The molecule has 0 heterocycles. The largest absolute Gasteiger partial charge is 0.269 e. The van der Waals surface area contributed by atoms with E-state index in [9.17, 15) is 0 Å². The van der Waals surface area contributed by atoms with Crippen LogP contribution in [0.2, 0.25) is 0 Å². The highest BCUT2D eigenvalue weighted by molar-refractivity contribution is 7.84. The lowest BCUT2D eigenvalue weighted by molar-refractivity contribution is 0.538. The number of hydrogen-bond donors (Lipinski definition) is 1. The third kappa shape index (κ3) is 2.67. The maximum Gasteiger partial charge on any atom is 0.0451 e. The van der Waals surface area contributed by atoms with Crippen molar-refractivity contribution in [1.29, 1.82) is 0 Å². The van der Waals surface area contributed by atoms with Crippen molar-refractivity contribution in [3.05, 3.63) is 33.9 Å². The molecular formula is C14H21NS. The van der Waals surface area contributed by atoms with Gasteiger partial charge in [0.05, 0.1) is 0 Å². The first-order valence-electron chi connectivity index (χ1n) is 5.74. The minimum Gasteiger partial charge on any atom is -0.269 e. The average Bonchev–Trinajstić information content (AvgIpc) is 2.24. The van der Waals surface area contributed by atoms with Crippen molar-refractivity contribution in [1.82, 2.24) is 0 Å². The van der Waals surface area contributed by atoms with Crippen LogP contribution < -0.4 is 0 Å². The van der Waals surface area contributed by atoms with E-state index < -0.39 is 0 Å². The van der Waals surface area contributed by atoms with E-state index in [1.54, 1.807) is 0 Å². The molecule has 0 spiro atoms. The molecule has 0 N–H and O–H groups in total. The summed E-state index contributed by atoms with van der Waals surface area (Å²) in [5.74, 6) is 0.657. The molecule has 0 amide bonds. The van der Waals surface area contributed by atoms with Crippen LogP contribution in [0, 0.1) is 5.92 Å². The Labute approximate surface area is 104 Å². The molecule has 1 rings (SSSR count). The second-order valence-electron chi connectivity index (χ2n) is 4.52. The second-order valence-corrected chi connectivity index (χ2v) is 5.06. The molecule has 1 aliphatic rings. The maximum atomic E-state index is 4.39. The van der Waals surface area contributed by atoms with Crippen molar-refractivity contribution in [3.63, 3.8) is 0 Å². The van der Waals surface area contributed by atoms with E-state index in [1.165, 1.54) is 24.0 Å². The molecular weight excluding hydrogens is 214 g/mol. The monoisotopic (exact) mass is 235 g/mol. The summed E-state index contributed by atoms with van der Waals surface area (Å²) in [5, 5.41) is 0. The van der Waals surface area contributed by atoms with Crippen LogP contribution in [-0.4, -0.2) is 6.72 Å². The summed E-state index contributed by atoms with van der Waals surface area (Å²) in [6.07, 6.45) is 3.63. The van der Waals surface area contributed by atoms with Crippen LogP contribution in [0.1, 0.15) is 40.0 Å². The standard InChI is InChI=1S/C14H21NS/c1-9-7-6-8-13(10(9)2)14(12(4)16)11(3)15-5/h9,16H,4-8H2,1-3H3/b14-11+. The van der Waals surface area contributed by atoms with E-state index in [0.717, 1.165) is 22.6 Å². The zero-order valence-corrected chi connectivity index (χ0v) is 11.4. The van der Waals surface area contributed by atoms with Crippen molar-refractivity contribution >= 4 is 19.3 Å². The Bertz CT molecular complexity index is 374. The summed E-state index contributed by atoms with van der Waals surface area (Å²) in [7, 11) is 0. The fourth-order valence-electron chi connectivity index (χ4n) is 2.30. The van der Waals surface area contributed by atoms with Gasteiger partial charge in [0, 0.05) is 16.2 Å². The number of allylic oxidation sites excluding steroid dienone is 4. The molecule has 0 radical (unpaired) electrons. The molecule has 0 fully saturated rings. The minimum absolute atomic E-state index is 0.657. The van der Waals surface area contributed by atoms with Gasteiger partial charge in [-0.05, 0) is 51.3 Å². The first-order valence-corrected chi connectivity index (χ1v) is 6.19. The Morgan fingerprint density at radius 3 is 2.62 bits per heavy atom. The Hall–Kier alpha value is -0.760. The maximum absolute atomic E-state index is 4.39. The van der Waals surface area contributed by atoms with Gasteiger partial charge in [-0.2, -0.15) is 0 Å². The lowest BCUT2D eigenvalue weighted by atomic mass is 9.81. The quantitative estimate of drug-likeness (QED) is 0.419. The number of thiol groups is 1. The molecule has 0 aromatic heterocycles. The SMILES string of the molecule is C=N/C(C)=C(\C(=C)S)C1=C(C)C(C)CCC1. The van der Waals surface area contributed by atoms with Gasteiger partial charge in [-0.15, -0.1) is 12.6 Å². The lowest BCUT2D eigenvalue weighted by Crippen LogP contribution is -2.09. The molecule has 16 heavy (non-hydrogen) atoms. The van der Waals surface area contributed by atoms with Crippen molar-refractivity contribution in [2.45, 2.75) is 40.0 Å². The highest BCUT2D eigenvalue weighted by atomic mass is 32.1. The molecule has 1 unspecified atom stereocenters. The molecule has 0 bridgehead atoms. The van der Waals surface area contributed by atoms with Crippen molar-refractivity contribution in [2.24, 2.45) is 10.9 Å². The first-order chi connectivity index (χ1) is 7.49. The van der Waals surface area contributed by atoms with Crippen LogP contribution in [0.5, 0.6) is 0 Å². The molecule has 0 aromatic carbocycles. The topological polar surface area (TPSA) is 12.4 Å².